The number of nitro benzene ring substituents is 1. The molecular weight excluding hydrogens is 443 g/mol. The fourth-order valence-electron chi connectivity index (χ4n) is 3.11. The minimum atomic E-state index is -0.737. The molecule has 0 fully saturated rings. The van der Waals surface area contributed by atoms with Gasteiger partial charge in [0, 0.05) is 23.3 Å². The minimum Gasteiger partial charge on any atom is -0.490 e. The lowest BCUT2D eigenvalue weighted by Gasteiger charge is -2.11. The van der Waals surface area contributed by atoms with Crippen LogP contribution in [0.5, 0.6) is 11.5 Å². The number of esters is 1. The van der Waals surface area contributed by atoms with Crippen LogP contribution in [0.15, 0.2) is 77.4 Å². The van der Waals surface area contributed by atoms with Crippen molar-refractivity contribution >= 4 is 23.6 Å². The lowest BCUT2D eigenvalue weighted by molar-refractivity contribution is -0.384. The molecule has 0 radical (unpaired) electrons. The van der Waals surface area contributed by atoms with Crippen LogP contribution in [-0.2, 0) is 9.53 Å². The molecule has 3 aromatic carbocycles. The molecule has 0 unspecified atom stereocenters. The molecule has 34 heavy (non-hydrogen) atoms. The first-order valence-corrected chi connectivity index (χ1v) is 10.3. The van der Waals surface area contributed by atoms with E-state index in [9.17, 15) is 19.3 Å². The van der Waals surface area contributed by atoms with Crippen molar-refractivity contribution in [1.29, 1.82) is 0 Å². The van der Waals surface area contributed by atoms with Crippen molar-refractivity contribution in [3.63, 3.8) is 0 Å². The summed E-state index contributed by atoms with van der Waals surface area (Å²) in [5, 5.41) is 11.2. The van der Waals surface area contributed by atoms with Gasteiger partial charge in [0.2, 0.25) is 5.90 Å². The summed E-state index contributed by atoms with van der Waals surface area (Å²) < 4.78 is 29.7. The number of benzene rings is 3. The van der Waals surface area contributed by atoms with Gasteiger partial charge in [-0.1, -0.05) is 17.7 Å². The number of carbonyl (C=O) groups excluding carboxylic acids is 1. The maximum atomic E-state index is 13.2. The van der Waals surface area contributed by atoms with Crippen LogP contribution < -0.4 is 9.47 Å². The van der Waals surface area contributed by atoms with E-state index in [1.54, 1.807) is 0 Å². The monoisotopic (exact) mass is 462 g/mol. The van der Waals surface area contributed by atoms with Crippen molar-refractivity contribution in [1.82, 2.24) is 0 Å². The summed E-state index contributed by atoms with van der Waals surface area (Å²) in [4.78, 5) is 27.2. The van der Waals surface area contributed by atoms with Crippen molar-refractivity contribution in [2.75, 3.05) is 13.2 Å². The number of hydrogen-bond acceptors (Lipinski definition) is 7. The summed E-state index contributed by atoms with van der Waals surface area (Å²) in [5.41, 5.74) is 1.56. The van der Waals surface area contributed by atoms with Crippen molar-refractivity contribution in [3.8, 4) is 11.5 Å². The number of aryl methyl sites for hydroxylation is 1. The zero-order valence-corrected chi connectivity index (χ0v) is 18.1. The van der Waals surface area contributed by atoms with Crippen molar-refractivity contribution < 1.29 is 28.3 Å². The van der Waals surface area contributed by atoms with Gasteiger partial charge in [0.25, 0.3) is 5.69 Å². The molecule has 4 rings (SSSR count). The van der Waals surface area contributed by atoms with E-state index in [-0.39, 0.29) is 36.1 Å². The second-order valence-corrected chi connectivity index (χ2v) is 7.33. The predicted octanol–water partition coefficient (Wildman–Crippen LogP) is 4.84. The maximum Gasteiger partial charge on any atom is 0.363 e. The molecule has 0 saturated heterocycles. The number of cyclic esters (lactones) is 1. The molecule has 0 spiro atoms. The van der Waals surface area contributed by atoms with Gasteiger partial charge in [-0.2, -0.15) is 0 Å². The zero-order chi connectivity index (χ0) is 24.1. The first-order chi connectivity index (χ1) is 16.4. The van der Waals surface area contributed by atoms with Crippen molar-refractivity contribution in [2.45, 2.75) is 6.92 Å². The van der Waals surface area contributed by atoms with Gasteiger partial charge in [0.15, 0.2) is 5.70 Å². The van der Waals surface area contributed by atoms with Gasteiger partial charge < -0.3 is 14.2 Å². The standard InChI is InChI=1S/C25H19FN2O6/c1-16-2-9-21(10-3-16)32-12-13-33-23-11-8-20(28(30)31)14-18(23)15-22-25(29)34-24(27-22)17-4-6-19(26)7-5-17/h2-11,14-15H,12-13H2,1H3. The van der Waals surface area contributed by atoms with E-state index in [0.717, 1.165) is 5.56 Å². The van der Waals surface area contributed by atoms with Crippen molar-refractivity contribution in [2.24, 2.45) is 4.99 Å². The molecule has 1 heterocycles. The molecule has 9 heteroatoms. The third-order valence-corrected chi connectivity index (χ3v) is 4.84. The first kappa shape index (κ1) is 22.7. The summed E-state index contributed by atoms with van der Waals surface area (Å²) in [5.74, 6) is -0.162. The Morgan fingerprint density at radius 2 is 1.74 bits per heavy atom. The highest BCUT2D eigenvalue weighted by Gasteiger charge is 2.25. The van der Waals surface area contributed by atoms with Gasteiger partial charge in [-0.05, 0) is 55.5 Å². The first-order valence-electron chi connectivity index (χ1n) is 10.3. The van der Waals surface area contributed by atoms with Crippen LogP contribution >= 0.6 is 0 Å². The molecule has 3 aromatic rings. The average Bonchev–Trinajstić information content (AvgIpc) is 3.19. The molecular formula is C25H19FN2O6. The number of ether oxygens (including phenoxy) is 3. The Morgan fingerprint density at radius 1 is 1.03 bits per heavy atom. The molecule has 0 aliphatic carbocycles. The molecule has 0 saturated carbocycles. The lowest BCUT2D eigenvalue weighted by Crippen LogP contribution is -2.10. The van der Waals surface area contributed by atoms with Crippen LogP contribution in [0, 0.1) is 22.9 Å². The summed E-state index contributed by atoms with van der Waals surface area (Å²) >= 11 is 0. The molecule has 8 nitrogen and oxygen atoms in total. The number of non-ortho nitro benzene ring substituents is 1. The van der Waals surface area contributed by atoms with E-state index in [1.807, 2.05) is 31.2 Å². The van der Waals surface area contributed by atoms with Crippen molar-refractivity contribution in [3.05, 3.63) is 105 Å². The van der Waals surface area contributed by atoms with Gasteiger partial charge in [-0.25, -0.2) is 14.2 Å². The van der Waals surface area contributed by atoms with Crippen LogP contribution in [0.4, 0.5) is 10.1 Å². The van der Waals surface area contributed by atoms with Gasteiger partial charge >= 0.3 is 5.97 Å². The van der Waals surface area contributed by atoms with E-state index < -0.39 is 16.7 Å². The van der Waals surface area contributed by atoms with Gasteiger partial charge in [0.05, 0.1) is 4.92 Å². The van der Waals surface area contributed by atoms with E-state index in [0.29, 0.717) is 17.1 Å². The molecule has 1 aliphatic rings. The Labute approximate surface area is 194 Å². The molecule has 1 aliphatic heterocycles. The van der Waals surface area contributed by atoms with Gasteiger partial charge in [-0.15, -0.1) is 0 Å². The zero-order valence-electron chi connectivity index (χ0n) is 18.1. The Balaban J connectivity index is 1.53. The van der Waals surface area contributed by atoms with Crippen LogP contribution in [0.3, 0.4) is 0 Å². The Kier molecular flexibility index (Phi) is 6.63. The van der Waals surface area contributed by atoms with E-state index >= 15 is 0 Å². The van der Waals surface area contributed by atoms with Crippen LogP contribution in [0.25, 0.3) is 6.08 Å². The largest absolute Gasteiger partial charge is 0.490 e. The quantitative estimate of drug-likeness (QED) is 0.156. The number of rotatable bonds is 8. The number of carbonyl (C=O) groups is 1. The topological polar surface area (TPSA) is 100 Å². The number of aliphatic imine (C=N–C) groups is 1. The maximum absolute atomic E-state index is 13.2. The normalized spacial score (nSPS) is 14.0. The van der Waals surface area contributed by atoms with E-state index in [4.69, 9.17) is 14.2 Å². The Bertz CT molecular complexity index is 1280. The molecule has 0 bridgehead atoms. The fourth-order valence-corrected chi connectivity index (χ4v) is 3.11. The average molecular weight is 462 g/mol. The Hall–Kier alpha value is -4.53. The van der Waals surface area contributed by atoms with Crippen LogP contribution in [-0.4, -0.2) is 30.0 Å². The predicted molar refractivity (Wildman–Crippen MR) is 122 cm³/mol. The second-order valence-electron chi connectivity index (χ2n) is 7.33. The molecule has 0 aromatic heterocycles. The third kappa shape index (κ3) is 5.44. The smallest absolute Gasteiger partial charge is 0.363 e. The van der Waals surface area contributed by atoms with E-state index in [2.05, 4.69) is 4.99 Å². The molecule has 0 N–H and O–H groups in total. The summed E-state index contributed by atoms with van der Waals surface area (Å²) in [6.45, 7) is 2.38. The summed E-state index contributed by atoms with van der Waals surface area (Å²) in [6, 6.07) is 16.9. The second kappa shape index (κ2) is 9.95. The number of nitrogens with zero attached hydrogens (tertiary/aromatic N) is 2. The SMILES string of the molecule is Cc1ccc(OCCOc2ccc([N+](=O)[O-])cc2C=C2N=C(c3ccc(F)cc3)OC2=O)cc1. The highest BCUT2D eigenvalue weighted by atomic mass is 19.1. The van der Waals surface area contributed by atoms with Gasteiger partial charge in [-0.3, -0.25) is 10.1 Å². The number of hydrogen-bond donors (Lipinski definition) is 0. The third-order valence-electron chi connectivity index (χ3n) is 4.84. The highest BCUT2D eigenvalue weighted by Crippen LogP contribution is 2.28. The Morgan fingerprint density at radius 3 is 2.44 bits per heavy atom. The number of halogens is 1. The lowest BCUT2D eigenvalue weighted by atomic mass is 10.1. The van der Waals surface area contributed by atoms with Crippen LogP contribution in [0.2, 0.25) is 0 Å². The molecule has 0 amide bonds. The van der Waals surface area contributed by atoms with Gasteiger partial charge in [0.1, 0.15) is 30.5 Å². The molecule has 172 valence electrons. The highest BCUT2D eigenvalue weighted by molar-refractivity contribution is 6.13. The fraction of sp³-hybridized carbons (Fsp3) is 0.120. The number of nitro groups is 1. The van der Waals surface area contributed by atoms with Crippen LogP contribution in [0.1, 0.15) is 16.7 Å². The molecule has 0 atom stereocenters. The summed E-state index contributed by atoms with van der Waals surface area (Å²) in [7, 11) is 0. The minimum absolute atomic E-state index is 0.00986. The summed E-state index contributed by atoms with van der Waals surface area (Å²) in [6.07, 6.45) is 1.35. The van der Waals surface area contributed by atoms with E-state index in [1.165, 1.54) is 48.5 Å².